The molecule has 1 saturated heterocycles. The van der Waals surface area contributed by atoms with Crippen molar-refractivity contribution in [3.05, 3.63) is 69.8 Å². The summed E-state index contributed by atoms with van der Waals surface area (Å²) in [5.74, 6) is 1.01. The summed E-state index contributed by atoms with van der Waals surface area (Å²) in [4.78, 5) is 15.0. The average molecular weight is 455 g/mol. The normalized spacial score (nSPS) is 14.5. The number of piperazine rings is 1. The zero-order chi connectivity index (χ0) is 20.7. The molecule has 0 N–H and O–H groups in total. The van der Waals surface area contributed by atoms with E-state index in [0.717, 1.165) is 63.4 Å². The number of anilines is 2. The Morgan fingerprint density at radius 1 is 0.867 bits per heavy atom. The molecule has 152 valence electrons. The maximum Gasteiger partial charge on any atom is 0.141 e. The molecule has 4 nitrogen and oxygen atoms in total. The molecule has 0 radical (unpaired) electrons. The molecule has 5 rings (SSSR count). The molecule has 0 bridgehead atoms. The molecule has 0 amide bonds. The van der Waals surface area contributed by atoms with Crippen molar-refractivity contribution in [3.8, 4) is 11.1 Å². The first-order chi connectivity index (χ1) is 14.6. The highest BCUT2D eigenvalue weighted by Crippen LogP contribution is 2.38. The topological polar surface area (TPSA) is 32.3 Å². The molecule has 7 heteroatoms. The van der Waals surface area contributed by atoms with Crippen molar-refractivity contribution in [2.24, 2.45) is 0 Å². The Morgan fingerprint density at radius 2 is 1.57 bits per heavy atom. The molecule has 0 spiro atoms. The molecular formula is C23H20Cl2N4S. The Balaban J connectivity index is 1.45. The summed E-state index contributed by atoms with van der Waals surface area (Å²) < 4.78 is 0. The molecular weight excluding hydrogens is 435 g/mol. The van der Waals surface area contributed by atoms with E-state index in [4.69, 9.17) is 28.2 Å². The molecule has 3 heterocycles. The van der Waals surface area contributed by atoms with Crippen molar-refractivity contribution >= 4 is 56.3 Å². The van der Waals surface area contributed by atoms with E-state index in [1.54, 1.807) is 17.7 Å². The van der Waals surface area contributed by atoms with Gasteiger partial charge in [-0.1, -0.05) is 41.4 Å². The van der Waals surface area contributed by atoms with Crippen LogP contribution in [0.4, 0.5) is 11.5 Å². The second-order valence-electron chi connectivity index (χ2n) is 7.44. The molecule has 0 saturated carbocycles. The van der Waals surface area contributed by atoms with Gasteiger partial charge in [-0.2, -0.15) is 0 Å². The summed E-state index contributed by atoms with van der Waals surface area (Å²) >= 11 is 14.0. The smallest absolute Gasteiger partial charge is 0.141 e. The van der Waals surface area contributed by atoms with Crippen LogP contribution in [-0.4, -0.2) is 36.1 Å². The summed E-state index contributed by atoms with van der Waals surface area (Å²) in [6.45, 7) is 5.78. The Morgan fingerprint density at radius 3 is 2.33 bits per heavy atom. The Bertz CT molecular complexity index is 1200. The monoisotopic (exact) mass is 454 g/mol. The third kappa shape index (κ3) is 3.62. The SMILES string of the molecule is Cc1ccc(Cl)cc1N1CCN(c2ncnc3scc(-c4ccc(Cl)cc4)c23)CC1. The van der Waals surface area contributed by atoms with Crippen LogP contribution in [0.3, 0.4) is 0 Å². The van der Waals surface area contributed by atoms with Crippen LogP contribution in [-0.2, 0) is 0 Å². The zero-order valence-corrected chi connectivity index (χ0v) is 18.8. The Labute approximate surface area is 189 Å². The first-order valence-corrected chi connectivity index (χ1v) is 11.5. The van der Waals surface area contributed by atoms with E-state index in [1.807, 2.05) is 18.2 Å². The third-order valence-corrected chi connectivity index (χ3v) is 6.97. The number of aryl methyl sites for hydroxylation is 1. The second kappa shape index (κ2) is 8.06. The lowest BCUT2D eigenvalue weighted by Gasteiger charge is -2.37. The predicted molar refractivity (Wildman–Crippen MR) is 128 cm³/mol. The summed E-state index contributed by atoms with van der Waals surface area (Å²) in [5, 5.41) is 4.80. The lowest BCUT2D eigenvalue weighted by Crippen LogP contribution is -2.47. The highest BCUT2D eigenvalue weighted by Gasteiger charge is 2.23. The molecule has 4 aromatic rings. The number of aromatic nitrogens is 2. The standard InChI is InChI=1S/C23H20Cl2N4S/c1-15-2-5-18(25)12-20(15)28-8-10-29(11-9-28)22-21-19(13-30-23(21)27-14-26-22)16-3-6-17(24)7-4-16/h2-7,12-14H,8-11H2,1H3. The quantitative estimate of drug-likeness (QED) is 0.363. The number of thiophene rings is 1. The summed E-state index contributed by atoms with van der Waals surface area (Å²) in [7, 11) is 0. The average Bonchev–Trinajstić information content (AvgIpc) is 3.20. The van der Waals surface area contributed by atoms with E-state index in [9.17, 15) is 0 Å². The van der Waals surface area contributed by atoms with Crippen molar-refractivity contribution in [2.45, 2.75) is 6.92 Å². The van der Waals surface area contributed by atoms with Crippen molar-refractivity contribution in [1.82, 2.24) is 9.97 Å². The number of nitrogens with zero attached hydrogens (tertiary/aromatic N) is 4. The van der Waals surface area contributed by atoms with Gasteiger partial charge in [0.05, 0.1) is 5.39 Å². The lowest BCUT2D eigenvalue weighted by molar-refractivity contribution is 0.648. The number of halogens is 2. The first-order valence-electron chi connectivity index (χ1n) is 9.84. The van der Waals surface area contributed by atoms with Crippen LogP contribution < -0.4 is 9.80 Å². The van der Waals surface area contributed by atoms with Gasteiger partial charge < -0.3 is 9.80 Å². The number of rotatable bonds is 3. The van der Waals surface area contributed by atoms with Crippen molar-refractivity contribution < 1.29 is 0 Å². The minimum absolute atomic E-state index is 0.738. The van der Waals surface area contributed by atoms with E-state index in [2.05, 4.69) is 51.4 Å². The van der Waals surface area contributed by atoms with Gasteiger partial charge in [0, 0.05) is 52.9 Å². The molecule has 0 unspecified atom stereocenters. The minimum atomic E-state index is 0.738. The van der Waals surface area contributed by atoms with Gasteiger partial charge in [0.25, 0.3) is 0 Å². The van der Waals surface area contributed by atoms with Crippen LogP contribution in [0.25, 0.3) is 21.3 Å². The second-order valence-corrected chi connectivity index (χ2v) is 9.17. The minimum Gasteiger partial charge on any atom is -0.368 e. The van der Waals surface area contributed by atoms with Gasteiger partial charge in [-0.15, -0.1) is 11.3 Å². The number of benzene rings is 2. The molecule has 2 aromatic carbocycles. The van der Waals surface area contributed by atoms with Gasteiger partial charge in [-0.05, 0) is 42.3 Å². The van der Waals surface area contributed by atoms with Crippen LogP contribution in [0, 0.1) is 6.92 Å². The molecule has 1 aliphatic rings. The van der Waals surface area contributed by atoms with Crippen LogP contribution >= 0.6 is 34.5 Å². The van der Waals surface area contributed by atoms with E-state index in [1.165, 1.54) is 11.3 Å². The van der Waals surface area contributed by atoms with Gasteiger partial charge in [-0.3, -0.25) is 0 Å². The number of fused-ring (bicyclic) bond motifs is 1. The van der Waals surface area contributed by atoms with E-state index >= 15 is 0 Å². The number of hydrogen-bond acceptors (Lipinski definition) is 5. The highest BCUT2D eigenvalue weighted by atomic mass is 35.5. The molecule has 0 aliphatic carbocycles. The molecule has 30 heavy (non-hydrogen) atoms. The fourth-order valence-electron chi connectivity index (χ4n) is 4.02. The number of hydrogen-bond donors (Lipinski definition) is 0. The van der Waals surface area contributed by atoms with E-state index in [-0.39, 0.29) is 0 Å². The molecule has 2 aromatic heterocycles. The van der Waals surface area contributed by atoms with Crippen molar-refractivity contribution in [3.63, 3.8) is 0 Å². The lowest BCUT2D eigenvalue weighted by atomic mass is 10.1. The third-order valence-electron chi connectivity index (χ3n) is 5.60. The van der Waals surface area contributed by atoms with Gasteiger partial charge in [-0.25, -0.2) is 9.97 Å². The van der Waals surface area contributed by atoms with Gasteiger partial charge in [0.1, 0.15) is 17.0 Å². The Hall–Kier alpha value is -2.34. The maximum atomic E-state index is 6.24. The van der Waals surface area contributed by atoms with Crippen LogP contribution in [0.5, 0.6) is 0 Å². The molecule has 1 aliphatic heterocycles. The van der Waals surface area contributed by atoms with Crippen molar-refractivity contribution in [2.75, 3.05) is 36.0 Å². The van der Waals surface area contributed by atoms with E-state index in [0.29, 0.717) is 0 Å². The largest absolute Gasteiger partial charge is 0.368 e. The van der Waals surface area contributed by atoms with Crippen LogP contribution in [0.15, 0.2) is 54.2 Å². The highest BCUT2D eigenvalue weighted by molar-refractivity contribution is 7.17. The fraction of sp³-hybridized carbons (Fsp3) is 0.217. The van der Waals surface area contributed by atoms with Gasteiger partial charge in [0.2, 0.25) is 0 Å². The molecule has 1 fully saturated rings. The zero-order valence-electron chi connectivity index (χ0n) is 16.5. The maximum absolute atomic E-state index is 6.24. The van der Waals surface area contributed by atoms with E-state index < -0.39 is 0 Å². The first kappa shape index (κ1) is 19.6. The summed E-state index contributed by atoms with van der Waals surface area (Å²) in [6.07, 6.45) is 1.67. The van der Waals surface area contributed by atoms with Crippen LogP contribution in [0.1, 0.15) is 5.56 Å². The Kier molecular flexibility index (Phi) is 5.27. The summed E-state index contributed by atoms with van der Waals surface area (Å²) in [6, 6.07) is 14.1. The molecule has 0 atom stereocenters. The van der Waals surface area contributed by atoms with Crippen molar-refractivity contribution in [1.29, 1.82) is 0 Å². The van der Waals surface area contributed by atoms with Gasteiger partial charge >= 0.3 is 0 Å². The van der Waals surface area contributed by atoms with Crippen LogP contribution in [0.2, 0.25) is 10.0 Å². The van der Waals surface area contributed by atoms with Gasteiger partial charge in [0.15, 0.2) is 0 Å². The predicted octanol–water partition coefficient (Wildman–Crippen LogP) is 6.30. The fourth-order valence-corrected chi connectivity index (χ4v) is 5.23. The summed E-state index contributed by atoms with van der Waals surface area (Å²) in [5.41, 5.74) is 4.76.